The van der Waals surface area contributed by atoms with Crippen LogP contribution in [0.2, 0.25) is 0 Å². The highest BCUT2D eigenvalue weighted by Crippen LogP contribution is 2.24. The number of halogens is 1. The summed E-state index contributed by atoms with van der Waals surface area (Å²) in [6, 6.07) is 6.07. The second-order valence-corrected chi connectivity index (χ2v) is 6.21. The lowest BCUT2D eigenvalue weighted by Gasteiger charge is -2.14. The molecule has 0 bridgehead atoms. The van der Waals surface area contributed by atoms with Crippen LogP contribution in [-0.2, 0) is 16.0 Å². The second kappa shape index (κ2) is 8.57. The smallest absolute Gasteiger partial charge is 0.343 e. The zero-order valence-corrected chi connectivity index (χ0v) is 15.1. The van der Waals surface area contributed by atoms with Gasteiger partial charge in [0.15, 0.2) is 6.10 Å². The van der Waals surface area contributed by atoms with Gasteiger partial charge in [-0.1, -0.05) is 12.1 Å². The molecule has 0 saturated heterocycles. The normalized spacial score (nSPS) is 11.7. The quantitative estimate of drug-likeness (QED) is 0.737. The molecule has 6 nitrogen and oxygen atoms in total. The van der Waals surface area contributed by atoms with Gasteiger partial charge in [-0.25, -0.2) is 9.18 Å². The molecule has 0 radical (unpaired) electrons. The van der Waals surface area contributed by atoms with E-state index in [1.54, 1.807) is 26.1 Å². The molecule has 0 aliphatic heterocycles. The number of carbonyl (C=O) groups is 2. The zero-order chi connectivity index (χ0) is 18.4. The number of nitrogens with one attached hydrogen (secondary N) is 2. The van der Waals surface area contributed by atoms with Gasteiger partial charge in [-0.05, 0) is 49.5 Å². The van der Waals surface area contributed by atoms with Crippen molar-refractivity contribution in [1.82, 2.24) is 9.69 Å². The molecule has 2 rings (SSSR count). The number of hydrogen-bond donors (Lipinski definition) is 2. The first-order valence-corrected chi connectivity index (χ1v) is 8.57. The van der Waals surface area contributed by atoms with E-state index >= 15 is 0 Å². The zero-order valence-electron chi connectivity index (χ0n) is 14.3. The van der Waals surface area contributed by atoms with E-state index in [4.69, 9.17) is 4.74 Å². The molecule has 2 aromatic rings. The van der Waals surface area contributed by atoms with E-state index in [1.165, 1.54) is 19.1 Å². The fourth-order valence-electron chi connectivity index (χ4n) is 2.18. The molecule has 0 saturated carbocycles. The Hall–Kier alpha value is -2.48. The average molecular weight is 365 g/mol. The van der Waals surface area contributed by atoms with Crippen molar-refractivity contribution in [3.63, 3.8) is 0 Å². The third-order valence-electron chi connectivity index (χ3n) is 3.57. The lowest BCUT2D eigenvalue weighted by Crippen LogP contribution is -2.37. The Morgan fingerprint density at radius 1 is 1.32 bits per heavy atom. The Kier molecular flexibility index (Phi) is 6.46. The van der Waals surface area contributed by atoms with E-state index in [2.05, 4.69) is 15.0 Å². The van der Waals surface area contributed by atoms with E-state index in [9.17, 15) is 14.0 Å². The van der Waals surface area contributed by atoms with Crippen LogP contribution in [0.3, 0.4) is 0 Å². The number of esters is 1. The predicted octanol–water partition coefficient (Wildman–Crippen LogP) is 2.54. The standard InChI is InChI=1S/C17H20FN3O3S/c1-10-14(16(19-3)25-21-10)17(23)24-11(2)15(22)20-9-8-12-4-6-13(18)7-5-12/h4-7,11,19H,8-9H2,1-3H3,(H,20,22). The van der Waals surface area contributed by atoms with Crippen LogP contribution in [0.1, 0.15) is 28.5 Å². The van der Waals surface area contributed by atoms with Gasteiger partial charge in [0.2, 0.25) is 0 Å². The van der Waals surface area contributed by atoms with Crippen LogP contribution in [0.5, 0.6) is 0 Å². The van der Waals surface area contributed by atoms with Gasteiger partial charge >= 0.3 is 5.97 Å². The Labute approximate surface area is 149 Å². The van der Waals surface area contributed by atoms with Crippen molar-refractivity contribution in [3.8, 4) is 0 Å². The molecular formula is C17H20FN3O3S. The van der Waals surface area contributed by atoms with Gasteiger partial charge < -0.3 is 15.4 Å². The summed E-state index contributed by atoms with van der Waals surface area (Å²) in [4.78, 5) is 24.3. The number of aryl methyl sites for hydroxylation is 1. The molecule has 25 heavy (non-hydrogen) atoms. The molecule has 0 fully saturated rings. The molecule has 2 N–H and O–H groups in total. The van der Waals surface area contributed by atoms with E-state index in [0.29, 0.717) is 29.2 Å². The monoisotopic (exact) mass is 365 g/mol. The van der Waals surface area contributed by atoms with E-state index in [-0.39, 0.29) is 11.7 Å². The summed E-state index contributed by atoms with van der Waals surface area (Å²) < 4.78 is 22.2. The highest BCUT2D eigenvalue weighted by molar-refractivity contribution is 7.10. The summed E-state index contributed by atoms with van der Waals surface area (Å²) in [5.74, 6) is -1.27. The lowest BCUT2D eigenvalue weighted by molar-refractivity contribution is -0.129. The third kappa shape index (κ3) is 4.99. The summed E-state index contributed by atoms with van der Waals surface area (Å²) >= 11 is 1.16. The van der Waals surface area contributed by atoms with Gasteiger partial charge in [0.25, 0.3) is 5.91 Å². The van der Waals surface area contributed by atoms with Gasteiger partial charge in [0.05, 0.1) is 5.69 Å². The Bertz CT molecular complexity index is 746. The summed E-state index contributed by atoms with van der Waals surface area (Å²) in [5.41, 5.74) is 1.81. The number of amides is 1. The topological polar surface area (TPSA) is 80.3 Å². The van der Waals surface area contributed by atoms with Gasteiger partial charge in [-0.15, -0.1) is 0 Å². The van der Waals surface area contributed by atoms with Gasteiger partial charge in [-0.2, -0.15) is 4.37 Å². The predicted molar refractivity (Wildman–Crippen MR) is 94.4 cm³/mol. The molecular weight excluding hydrogens is 345 g/mol. The van der Waals surface area contributed by atoms with Crippen molar-refractivity contribution in [2.45, 2.75) is 26.4 Å². The fourth-order valence-corrected chi connectivity index (χ4v) is 2.91. The highest BCUT2D eigenvalue weighted by atomic mass is 32.1. The minimum absolute atomic E-state index is 0.299. The van der Waals surface area contributed by atoms with Crippen LogP contribution >= 0.6 is 11.5 Å². The summed E-state index contributed by atoms with van der Waals surface area (Å²) in [6.07, 6.45) is -0.367. The largest absolute Gasteiger partial charge is 0.449 e. The third-order valence-corrected chi connectivity index (χ3v) is 4.53. The molecule has 1 amide bonds. The summed E-state index contributed by atoms with van der Waals surface area (Å²) in [7, 11) is 1.69. The molecule has 8 heteroatoms. The Balaban J connectivity index is 1.84. The SMILES string of the molecule is CNc1snc(C)c1C(=O)OC(C)C(=O)NCCc1ccc(F)cc1. The van der Waals surface area contributed by atoms with Crippen LogP contribution in [0, 0.1) is 12.7 Å². The minimum atomic E-state index is -0.926. The molecule has 1 heterocycles. The molecule has 0 spiro atoms. The van der Waals surface area contributed by atoms with Gasteiger partial charge in [0.1, 0.15) is 16.4 Å². The van der Waals surface area contributed by atoms with Crippen molar-refractivity contribution in [3.05, 3.63) is 46.9 Å². The maximum atomic E-state index is 12.8. The molecule has 1 aromatic carbocycles. The van der Waals surface area contributed by atoms with Gasteiger partial charge in [0, 0.05) is 13.6 Å². The van der Waals surface area contributed by atoms with Crippen LogP contribution in [-0.4, -0.2) is 35.9 Å². The van der Waals surface area contributed by atoms with Crippen molar-refractivity contribution >= 4 is 28.4 Å². The van der Waals surface area contributed by atoms with Crippen LogP contribution in [0.15, 0.2) is 24.3 Å². The maximum Gasteiger partial charge on any atom is 0.343 e. The van der Waals surface area contributed by atoms with Crippen LogP contribution in [0.4, 0.5) is 9.39 Å². The number of rotatable bonds is 7. The first-order valence-electron chi connectivity index (χ1n) is 7.79. The van der Waals surface area contributed by atoms with Crippen molar-refractivity contribution in [1.29, 1.82) is 0 Å². The molecule has 0 aliphatic rings. The van der Waals surface area contributed by atoms with E-state index in [0.717, 1.165) is 17.1 Å². The Morgan fingerprint density at radius 3 is 2.64 bits per heavy atom. The average Bonchev–Trinajstić information content (AvgIpc) is 2.97. The van der Waals surface area contributed by atoms with Crippen LogP contribution in [0.25, 0.3) is 0 Å². The van der Waals surface area contributed by atoms with Crippen molar-refractivity contribution < 1.29 is 18.7 Å². The number of ether oxygens (including phenoxy) is 1. The number of hydrogen-bond acceptors (Lipinski definition) is 6. The highest BCUT2D eigenvalue weighted by Gasteiger charge is 2.24. The second-order valence-electron chi connectivity index (χ2n) is 5.44. The fraction of sp³-hybridized carbons (Fsp3) is 0.353. The number of nitrogens with zero attached hydrogens (tertiary/aromatic N) is 1. The maximum absolute atomic E-state index is 12.8. The number of aromatic nitrogens is 1. The molecule has 0 aliphatic carbocycles. The number of benzene rings is 1. The van der Waals surface area contributed by atoms with Gasteiger partial charge in [-0.3, -0.25) is 4.79 Å². The number of carbonyl (C=O) groups excluding carboxylic acids is 2. The lowest BCUT2D eigenvalue weighted by atomic mass is 10.1. The summed E-state index contributed by atoms with van der Waals surface area (Å²) in [6.45, 7) is 3.59. The number of anilines is 1. The van der Waals surface area contributed by atoms with Crippen LogP contribution < -0.4 is 10.6 Å². The first kappa shape index (κ1) is 18.9. The van der Waals surface area contributed by atoms with Crippen molar-refractivity contribution in [2.24, 2.45) is 0 Å². The van der Waals surface area contributed by atoms with Crippen molar-refractivity contribution in [2.75, 3.05) is 18.9 Å². The summed E-state index contributed by atoms with van der Waals surface area (Å²) in [5, 5.41) is 6.19. The Morgan fingerprint density at radius 2 is 2.00 bits per heavy atom. The van der Waals surface area contributed by atoms with E-state index in [1.807, 2.05) is 0 Å². The molecule has 1 unspecified atom stereocenters. The molecule has 1 atom stereocenters. The van der Waals surface area contributed by atoms with E-state index < -0.39 is 12.1 Å². The minimum Gasteiger partial charge on any atom is -0.449 e. The molecule has 1 aromatic heterocycles. The molecule has 134 valence electrons. The first-order chi connectivity index (χ1) is 11.9.